The topological polar surface area (TPSA) is 66.5 Å². The van der Waals surface area contributed by atoms with Gasteiger partial charge in [0, 0.05) is 13.1 Å². The normalized spacial score (nSPS) is 18.0. The van der Waals surface area contributed by atoms with E-state index in [1.807, 2.05) is 19.1 Å². The number of aryl methyl sites for hydroxylation is 1. The van der Waals surface area contributed by atoms with Gasteiger partial charge < -0.3 is 10.0 Å². The van der Waals surface area contributed by atoms with Crippen LogP contribution in [-0.4, -0.2) is 38.0 Å². The maximum atomic E-state index is 9.39. The van der Waals surface area contributed by atoms with Crippen LogP contribution in [0.3, 0.4) is 0 Å². The number of nitrogens with zero attached hydrogens (tertiary/aromatic N) is 5. The molecule has 1 atom stereocenters. The van der Waals surface area contributed by atoms with Crippen molar-refractivity contribution in [2.24, 2.45) is 5.92 Å². The number of rotatable bonds is 3. The van der Waals surface area contributed by atoms with Gasteiger partial charge in [-0.25, -0.2) is 0 Å². The summed E-state index contributed by atoms with van der Waals surface area (Å²) in [5, 5.41) is 22.0. The van der Waals surface area contributed by atoms with Gasteiger partial charge in [0.1, 0.15) is 12.1 Å². The molecule has 1 aliphatic rings. The summed E-state index contributed by atoms with van der Waals surface area (Å²) in [7, 11) is 0. The van der Waals surface area contributed by atoms with Crippen LogP contribution < -0.4 is 4.90 Å². The van der Waals surface area contributed by atoms with Crippen LogP contribution >= 0.6 is 0 Å². The molecule has 3 heterocycles. The van der Waals surface area contributed by atoms with Crippen molar-refractivity contribution in [1.29, 1.82) is 0 Å². The third-order valence-corrected chi connectivity index (χ3v) is 4.46. The molecule has 4 rings (SSSR count). The summed E-state index contributed by atoms with van der Waals surface area (Å²) in [6.07, 6.45) is 3.84. The highest BCUT2D eigenvalue weighted by molar-refractivity contribution is 5.68. The Balaban J connectivity index is 1.53. The SMILES string of the molecule is Cc1cc(N2CCC(Cc3ccc(O)cc3)C2)c2nncn2n1. The number of aromatic hydroxyl groups is 1. The number of benzene rings is 1. The Morgan fingerprint density at radius 3 is 2.91 bits per heavy atom. The number of fused-ring (bicyclic) bond motifs is 1. The van der Waals surface area contributed by atoms with Crippen molar-refractivity contribution in [2.75, 3.05) is 18.0 Å². The van der Waals surface area contributed by atoms with E-state index < -0.39 is 0 Å². The van der Waals surface area contributed by atoms with Gasteiger partial charge in [0.25, 0.3) is 0 Å². The van der Waals surface area contributed by atoms with E-state index in [0.29, 0.717) is 11.7 Å². The summed E-state index contributed by atoms with van der Waals surface area (Å²) < 4.78 is 1.75. The number of phenolic OH excluding ortho intramolecular Hbond substituents is 1. The van der Waals surface area contributed by atoms with Crippen LogP contribution in [0.4, 0.5) is 5.69 Å². The van der Waals surface area contributed by atoms with E-state index >= 15 is 0 Å². The molecule has 1 aromatic carbocycles. The molecule has 1 aliphatic heterocycles. The second-order valence-electron chi connectivity index (χ2n) is 6.24. The summed E-state index contributed by atoms with van der Waals surface area (Å²) >= 11 is 0. The Morgan fingerprint density at radius 2 is 2.09 bits per heavy atom. The monoisotopic (exact) mass is 309 g/mol. The van der Waals surface area contributed by atoms with E-state index in [4.69, 9.17) is 0 Å². The third kappa shape index (κ3) is 2.72. The van der Waals surface area contributed by atoms with Crippen LogP contribution in [0.15, 0.2) is 36.7 Å². The fourth-order valence-electron chi connectivity index (χ4n) is 3.35. The first-order valence-corrected chi connectivity index (χ1v) is 7.89. The predicted molar refractivity (Wildman–Crippen MR) is 87.6 cm³/mol. The van der Waals surface area contributed by atoms with E-state index in [0.717, 1.165) is 43.0 Å². The molecule has 1 fully saturated rings. The fourth-order valence-corrected chi connectivity index (χ4v) is 3.35. The minimum atomic E-state index is 0.322. The quantitative estimate of drug-likeness (QED) is 0.803. The highest BCUT2D eigenvalue weighted by atomic mass is 16.3. The highest BCUT2D eigenvalue weighted by Gasteiger charge is 2.25. The maximum absolute atomic E-state index is 9.39. The number of hydrogen-bond donors (Lipinski definition) is 1. The number of aromatic nitrogens is 4. The van der Waals surface area contributed by atoms with Crippen molar-refractivity contribution in [3.8, 4) is 5.75 Å². The van der Waals surface area contributed by atoms with Crippen molar-refractivity contribution in [3.05, 3.63) is 47.9 Å². The Kier molecular flexibility index (Phi) is 3.37. The van der Waals surface area contributed by atoms with Crippen LogP contribution in [0.2, 0.25) is 0 Å². The largest absolute Gasteiger partial charge is 0.508 e. The Labute approximate surface area is 134 Å². The number of anilines is 1. The summed E-state index contributed by atoms with van der Waals surface area (Å²) in [6.45, 7) is 4.02. The zero-order chi connectivity index (χ0) is 15.8. The second-order valence-corrected chi connectivity index (χ2v) is 6.24. The lowest BCUT2D eigenvalue weighted by molar-refractivity contribution is 0.474. The fraction of sp³-hybridized carbons (Fsp3) is 0.353. The molecule has 0 aliphatic carbocycles. The standard InChI is InChI=1S/C17H19N5O/c1-12-8-16(17-19-18-11-22(17)20-12)21-7-6-14(10-21)9-13-2-4-15(23)5-3-13/h2-5,8,11,14,23H,6-7,9-10H2,1H3. The van der Waals surface area contributed by atoms with Crippen molar-refractivity contribution in [2.45, 2.75) is 19.8 Å². The lowest BCUT2D eigenvalue weighted by atomic mass is 9.99. The molecule has 6 heteroatoms. The van der Waals surface area contributed by atoms with Crippen LogP contribution in [-0.2, 0) is 6.42 Å². The van der Waals surface area contributed by atoms with Gasteiger partial charge in [-0.15, -0.1) is 10.2 Å². The smallest absolute Gasteiger partial charge is 0.200 e. The van der Waals surface area contributed by atoms with Crippen LogP contribution in [0.1, 0.15) is 17.7 Å². The molecule has 3 aromatic rings. The average Bonchev–Trinajstić information content (AvgIpc) is 3.18. The molecular formula is C17H19N5O. The summed E-state index contributed by atoms with van der Waals surface area (Å²) in [5.41, 5.74) is 4.17. The van der Waals surface area contributed by atoms with Crippen LogP contribution in [0, 0.1) is 12.8 Å². The van der Waals surface area contributed by atoms with Gasteiger partial charge in [-0.3, -0.25) is 0 Å². The molecule has 0 saturated carbocycles. The Morgan fingerprint density at radius 1 is 1.26 bits per heavy atom. The summed E-state index contributed by atoms with van der Waals surface area (Å²) in [4.78, 5) is 2.38. The number of phenols is 1. The molecule has 0 bridgehead atoms. The second kappa shape index (κ2) is 5.53. The van der Waals surface area contributed by atoms with Gasteiger partial charge in [-0.2, -0.15) is 9.61 Å². The van der Waals surface area contributed by atoms with Crippen molar-refractivity contribution >= 4 is 11.3 Å². The molecule has 1 N–H and O–H groups in total. The minimum Gasteiger partial charge on any atom is -0.508 e. The summed E-state index contributed by atoms with van der Waals surface area (Å²) in [5.74, 6) is 0.930. The zero-order valence-electron chi connectivity index (χ0n) is 13.1. The zero-order valence-corrected chi connectivity index (χ0v) is 13.1. The van der Waals surface area contributed by atoms with Crippen molar-refractivity contribution in [1.82, 2.24) is 19.8 Å². The van der Waals surface area contributed by atoms with Gasteiger partial charge in [0.15, 0.2) is 0 Å². The lowest BCUT2D eigenvalue weighted by Crippen LogP contribution is -2.21. The first-order valence-electron chi connectivity index (χ1n) is 7.89. The van der Waals surface area contributed by atoms with Crippen molar-refractivity contribution < 1.29 is 5.11 Å². The molecular weight excluding hydrogens is 290 g/mol. The Bertz CT molecular complexity index is 827. The van der Waals surface area contributed by atoms with Gasteiger partial charge >= 0.3 is 0 Å². The van der Waals surface area contributed by atoms with E-state index in [9.17, 15) is 5.11 Å². The van der Waals surface area contributed by atoms with Crippen LogP contribution in [0.25, 0.3) is 5.65 Å². The molecule has 6 nitrogen and oxygen atoms in total. The van der Waals surface area contributed by atoms with E-state index in [2.05, 4.69) is 26.3 Å². The van der Waals surface area contributed by atoms with Gasteiger partial charge in [0.05, 0.1) is 11.4 Å². The number of hydrogen-bond acceptors (Lipinski definition) is 5. The molecule has 118 valence electrons. The lowest BCUT2D eigenvalue weighted by Gasteiger charge is -2.19. The average molecular weight is 309 g/mol. The molecule has 2 aromatic heterocycles. The first-order chi connectivity index (χ1) is 11.2. The third-order valence-electron chi connectivity index (χ3n) is 4.46. The molecule has 0 radical (unpaired) electrons. The molecule has 0 spiro atoms. The molecule has 1 saturated heterocycles. The van der Waals surface area contributed by atoms with E-state index in [1.165, 1.54) is 5.56 Å². The van der Waals surface area contributed by atoms with Gasteiger partial charge in [-0.1, -0.05) is 12.1 Å². The van der Waals surface area contributed by atoms with Gasteiger partial charge in [0.2, 0.25) is 5.65 Å². The predicted octanol–water partition coefficient (Wildman–Crippen LogP) is 2.21. The molecule has 23 heavy (non-hydrogen) atoms. The maximum Gasteiger partial charge on any atom is 0.200 e. The van der Waals surface area contributed by atoms with Crippen LogP contribution in [0.5, 0.6) is 5.75 Å². The minimum absolute atomic E-state index is 0.322. The molecule has 1 unspecified atom stereocenters. The highest BCUT2D eigenvalue weighted by Crippen LogP contribution is 2.29. The summed E-state index contributed by atoms with van der Waals surface area (Å²) in [6, 6.07) is 9.62. The van der Waals surface area contributed by atoms with E-state index in [-0.39, 0.29) is 0 Å². The first kappa shape index (κ1) is 14.0. The Hall–Kier alpha value is -2.63. The van der Waals surface area contributed by atoms with E-state index in [1.54, 1.807) is 23.0 Å². The molecule has 0 amide bonds. The van der Waals surface area contributed by atoms with Gasteiger partial charge in [-0.05, 0) is 49.4 Å². The van der Waals surface area contributed by atoms with Crippen molar-refractivity contribution in [3.63, 3.8) is 0 Å².